The molecule has 2 heterocycles. The van der Waals surface area contributed by atoms with Crippen molar-refractivity contribution in [1.29, 1.82) is 0 Å². The van der Waals surface area contributed by atoms with E-state index in [-0.39, 0.29) is 5.91 Å². The van der Waals surface area contributed by atoms with Gasteiger partial charge in [-0.2, -0.15) is 0 Å². The van der Waals surface area contributed by atoms with Crippen LogP contribution in [0.4, 0.5) is 0 Å². The summed E-state index contributed by atoms with van der Waals surface area (Å²) in [7, 11) is 1.80. The van der Waals surface area contributed by atoms with Crippen LogP contribution in [0.25, 0.3) is 16.7 Å². The third kappa shape index (κ3) is 2.73. The third-order valence-electron chi connectivity index (χ3n) is 6.39. The van der Waals surface area contributed by atoms with Gasteiger partial charge in [0.15, 0.2) is 0 Å². The van der Waals surface area contributed by atoms with Crippen molar-refractivity contribution in [2.75, 3.05) is 20.2 Å². The number of fused-ring (bicyclic) bond motifs is 3. The van der Waals surface area contributed by atoms with Crippen molar-refractivity contribution in [1.82, 2.24) is 14.5 Å². The van der Waals surface area contributed by atoms with Gasteiger partial charge < -0.3 is 9.64 Å². The molecule has 2 fully saturated rings. The van der Waals surface area contributed by atoms with Crippen LogP contribution < -0.4 is 0 Å². The molecule has 2 aromatic carbocycles. The number of hydrogen-bond donors (Lipinski definition) is 0. The van der Waals surface area contributed by atoms with Crippen LogP contribution in [0.1, 0.15) is 29.0 Å². The van der Waals surface area contributed by atoms with Crippen molar-refractivity contribution in [2.24, 2.45) is 11.8 Å². The van der Waals surface area contributed by atoms with Gasteiger partial charge in [-0.15, -0.1) is 0 Å². The Kier molecular flexibility index (Phi) is 4.20. The SMILES string of the molecule is COC1[C@@H]2CC[C@H]1CN(C(=O)c1ccc3c(c1)nc(C)n3-c1ccccc1)C2. The number of carbonyl (C=O) groups is 1. The molecule has 1 amide bonds. The fourth-order valence-electron chi connectivity index (χ4n) is 5.14. The van der Waals surface area contributed by atoms with Crippen LogP contribution >= 0.6 is 0 Å². The summed E-state index contributed by atoms with van der Waals surface area (Å²) >= 11 is 0. The predicted octanol–water partition coefficient (Wildman–Crippen LogP) is 3.83. The Labute approximate surface area is 164 Å². The van der Waals surface area contributed by atoms with E-state index in [4.69, 9.17) is 9.72 Å². The molecule has 1 aromatic heterocycles. The number of ether oxygens (including phenoxy) is 1. The summed E-state index contributed by atoms with van der Waals surface area (Å²) in [5.74, 6) is 1.97. The second-order valence-electron chi connectivity index (χ2n) is 8.04. The summed E-state index contributed by atoms with van der Waals surface area (Å²) in [4.78, 5) is 19.9. The van der Waals surface area contributed by atoms with E-state index in [1.807, 2.05) is 48.2 Å². The van der Waals surface area contributed by atoms with Crippen molar-refractivity contribution < 1.29 is 9.53 Å². The van der Waals surface area contributed by atoms with Crippen LogP contribution in [-0.2, 0) is 4.74 Å². The van der Waals surface area contributed by atoms with Gasteiger partial charge in [-0.1, -0.05) is 18.2 Å². The maximum atomic E-state index is 13.2. The van der Waals surface area contributed by atoms with Gasteiger partial charge in [0.25, 0.3) is 5.91 Å². The molecule has 1 aliphatic heterocycles. The van der Waals surface area contributed by atoms with E-state index in [2.05, 4.69) is 16.7 Å². The molecule has 1 saturated heterocycles. The molecule has 1 saturated carbocycles. The number of para-hydroxylation sites is 1. The van der Waals surface area contributed by atoms with Crippen molar-refractivity contribution in [3.63, 3.8) is 0 Å². The van der Waals surface area contributed by atoms with Gasteiger partial charge in [0.2, 0.25) is 0 Å². The largest absolute Gasteiger partial charge is 0.381 e. The quantitative estimate of drug-likeness (QED) is 0.699. The van der Waals surface area contributed by atoms with Crippen LogP contribution in [-0.4, -0.2) is 46.7 Å². The maximum absolute atomic E-state index is 13.2. The second kappa shape index (κ2) is 6.74. The van der Waals surface area contributed by atoms with Gasteiger partial charge in [-0.05, 0) is 50.1 Å². The Morgan fingerprint density at radius 3 is 2.46 bits per heavy atom. The minimum absolute atomic E-state index is 0.111. The summed E-state index contributed by atoms with van der Waals surface area (Å²) in [5.41, 5.74) is 3.70. The summed E-state index contributed by atoms with van der Waals surface area (Å²) in [5, 5.41) is 0. The Morgan fingerprint density at radius 2 is 1.79 bits per heavy atom. The zero-order valence-corrected chi connectivity index (χ0v) is 16.3. The molecule has 5 nitrogen and oxygen atoms in total. The summed E-state index contributed by atoms with van der Waals surface area (Å²) in [6.07, 6.45) is 2.63. The summed E-state index contributed by atoms with van der Waals surface area (Å²) in [6, 6.07) is 16.1. The fourth-order valence-corrected chi connectivity index (χ4v) is 5.14. The molecular weight excluding hydrogens is 350 g/mol. The molecule has 3 atom stereocenters. The van der Waals surface area contributed by atoms with Crippen molar-refractivity contribution in [2.45, 2.75) is 25.9 Å². The standard InChI is InChI=1S/C23H25N3O2/c1-15-24-20-12-16(10-11-21(20)26(15)19-6-4-3-5-7-19)23(27)25-13-17-8-9-18(14-25)22(17)28-2/h3-7,10-12,17-18,22H,8-9,13-14H2,1-2H3/t17-,18+,22?. The number of aryl methyl sites for hydroxylation is 1. The topological polar surface area (TPSA) is 47.4 Å². The number of aromatic nitrogens is 2. The van der Waals surface area contributed by atoms with Crippen molar-refractivity contribution in [3.05, 3.63) is 59.9 Å². The number of carbonyl (C=O) groups excluding carboxylic acids is 1. The second-order valence-corrected chi connectivity index (χ2v) is 8.04. The smallest absolute Gasteiger partial charge is 0.253 e. The van der Waals surface area contributed by atoms with Crippen LogP contribution in [0.15, 0.2) is 48.5 Å². The number of methoxy groups -OCH3 is 1. The number of nitrogens with zero attached hydrogens (tertiary/aromatic N) is 3. The first kappa shape index (κ1) is 17.4. The highest BCUT2D eigenvalue weighted by Crippen LogP contribution is 2.39. The molecule has 1 unspecified atom stereocenters. The first-order valence-electron chi connectivity index (χ1n) is 10.0. The molecule has 2 bridgehead atoms. The van der Waals surface area contributed by atoms with Gasteiger partial charge in [-0.3, -0.25) is 9.36 Å². The summed E-state index contributed by atoms with van der Waals surface area (Å²) in [6.45, 7) is 3.59. The number of piperidine rings is 1. The lowest BCUT2D eigenvalue weighted by molar-refractivity contribution is -0.0113. The van der Waals surface area contributed by atoms with Gasteiger partial charge >= 0.3 is 0 Å². The maximum Gasteiger partial charge on any atom is 0.253 e. The fraction of sp³-hybridized carbons (Fsp3) is 0.391. The van der Waals surface area contributed by atoms with E-state index < -0.39 is 0 Å². The Hall–Kier alpha value is -2.66. The normalized spacial score (nSPS) is 24.1. The molecule has 1 aliphatic carbocycles. The van der Waals surface area contributed by atoms with Gasteiger partial charge in [0, 0.05) is 43.3 Å². The monoisotopic (exact) mass is 375 g/mol. The number of likely N-dealkylation sites (tertiary alicyclic amines) is 1. The number of hydrogen-bond acceptors (Lipinski definition) is 3. The highest BCUT2D eigenvalue weighted by molar-refractivity contribution is 5.97. The van der Waals surface area contributed by atoms with E-state index in [1.165, 1.54) is 0 Å². The number of benzene rings is 2. The van der Waals surface area contributed by atoms with Crippen molar-refractivity contribution in [3.8, 4) is 5.69 Å². The van der Waals surface area contributed by atoms with Crippen LogP contribution in [0, 0.1) is 18.8 Å². The van der Waals surface area contributed by atoms with Crippen molar-refractivity contribution >= 4 is 16.9 Å². The zero-order valence-electron chi connectivity index (χ0n) is 16.3. The van der Waals surface area contributed by atoms with E-state index in [0.717, 1.165) is 54.0 Å². The lowest BCUT2D eigenvalue weighted by Gasteiger charge is -2.37. The highest BCUT2D eigenvalue weighted by atomic mass is 16.5. The van der Waals surface area contributed by atoms with E-state index in [9.17, 15) is 4.79 Å². The number of rotatable bonds is 3. The number of imidazole rings is 1. The molecule has 2 aliphatic rings. The minimum atomic E-state index is 0.111. The molecule has 0 radical (unpaired) electrons. The Bertz CT molecular complexity index is 1010. The molecule has 5 heteroatoms. The van der Waals surface area contributed by atoms with Crippen LogP contribution in [0.5, 0.6) is 0 Å². The van der Waals surface area contributed by atoms with E-state index in [1.54, 1.807) is 7.11 Å². The molecule has 144 valence electrons. The van der Waals surface area contributed by atoms with Gasteiger partial charge in [-0.25, -0.2) is 4.98 Å². The van der Waals surface area contributed by atoms with Crippen LogP contribution in [0.3, 0.4) is 0 Å². The van der Waals surface area contributed by atoms with Crippen LogP contribution in [0.2, 0.25) is 0 Å². The third-order valence-corrected chi connectivity index (χ3v) is 6.39. The molecule has 0 spiro atoms. The van der Waals surface area contributed by atoms with E-state index >= 15 is 0 Å². The number of amides is 1. The Balaban J connectivity index is 1.45. The Morgan fingerprint density at radius 1 is 1.07 bits per heavy atom. The average molecular weight is 375 g/mol. The first-order valence-corrected chi connectivity index (χ1v) is 10.0. The molecule has 5 rings (SSSR count). The first-order chi connectivity index (χ1) is 13.7. The molecular formula is C23H25N3O2. The predicted molar refractivity (Wildman–Crippen MR) is 109 cm³/mol. The lowest BCUT2D eigenvalue weighted by atomic mass is 9.94. The molecule has 3 aromatic rings. The molecule has 0 N–H and O–H groups in total. The zero-order chi connectivity index (χ0) is 19.3. The molecule has 28 heavy (non-hydrogen) atoms. The van der Waals surface area contributed by atoms with Gasteiger partial charge in [0.05, 0.1) is 17.1 Å². The van der Waals surface area contributed by atoms with E-state index in [0.29, 0.717) is 17.9 Å². The minimum Gasteiger partial charge on any atom is -0.381 e. The highest BCUT2D eigenvalue weighted by Gasteiger charge is 2.43. The lowest BCUT2D eigenvalue weighted by Crippen LogP contribution is -2.48. The summed E-state index contributed by atoms with van der Waals surface area (Å²) < 4.78 is 7.81. The van der Waals surface area contributed by atoms with Gasteiger partial charge in [0.1, 0.15) is 5.82 Å². The average Bonchev–Trinajstić information content (AvgIpc) is 3.18.